The number of piperidine rings is 1. The van der Waals surface area contributed by atoms with Crippen molar-refractivity contribution < 1.29 is 9.53 Å². The Bertz CT molecular complexity index is 943. The van der Waals surface area contributed by atoms with Gasteiger partial charge in [0.2, 0.25) is 5.91 Å². The highest BCUT2D eigenvalue weighted by Gasteiger charge is 2.47. The molecule has 166 valence electrons. The number of amides is 1. The zero-order chi connectivity index (χ0) is 22.2. The molecule has 0 radical (unpaired) electrons. The SMILES string of the molecule is Cc1cc(C)cc(C2(C(=O)N3CCCC(C)(c4cc(N)nc(C)n4)C3)CCOCC2)c1. The Morgan fingerprint density at radius 2 is 1.71 bits per heavy atom. The topological polar surface area (TPSA) is 81.3 Å². The number of carbonyl (C=O) groups is 1. The number of aromatic nitrogens is 2. The number of nitrogen functional groups attached to an aromatic ring is 1. The Morgan fingerprint density at radius 3 is 2.35 bits per heavy atom. The van der Waals surface area contributed by atoms with Gasteiger partial charge in [-0.25, -0.2) is 9.97 Å². The van der Waals surface area contributed by atoms with E-state index in [0.717, 1.165) is 43.5 Å². The minimum Gasteiger partial charge on any atom is -0.384 e. The molecule has 2 aromatic rings. The lowest BCUT2D eigenvalue weighted by Gasteiger charge is -2.46. The van der Waals surface area contributed by atoms with E-state index in [1.54, 1.807) is 0 Å². The summed E-state index contributed by atoms with van der Waals surface area (Å²) >= 11 is 0. The van der Waals surface area contributed by atoms with Crippen LogP contribution in [-0.2, 0) is 20.4 Å². The Kier molecular flexibility index (Phi) is 5.77. The maximum atomic E-state index is 14.2. The number of hydrogen-bond acceptors (Lipinski definition) is 5. The second-order valence-corrected chi connectivity index (χ2v) is 9.69. The van der Waals surface area contributed by atoms with E-state index in [2.05, 4.69) is 53.8 Å². The van der Waals surface area contributed by atoms with Gasteiger partial charge in [0.25, 0.3) is 0 Å². The summed E-state index contributed by atoms with van der Waals surface area (Å²) in [6, 6.07) is 8.41. The van der Waals surface area contributed by atoms with Crippen molar-refractivity contribution in [2.24, 2.45) is 0 Å². The van der Waals surface area contributed by atoms with Crippen molar-refractivity contribution >= 4 is 11.7 Å². The number of aryl methyl sites for hydroxylation is 3. The first-order valence-corrected chi connectivity index (χ1v) is 11.3. The number of anilines is 1. The highest BCUT2D eigenvalue weighted by Crippen LogP contribution is 2.41. The minimum absolute atomic E-state index is 0.227. The summed E-state index contributed by atoms with van der Waals surface area (Å²) in [6.45, 7) is 10.9. The summed E-state index contributed by atoms with van der Waals surface area (Å²) in [4.78, 5) is 25.1. The molecule has 2 aliphatic rings. The Hall–Kier alpha value is -2.47. The number of rotatable bonds is 3. The van der Waals surface area contributed by atoms with Gasteiger partial charge in [-0.1, -0.05) is 36.2 Å². The largest absolute Gasteiger partial charge is 0.384 e. The quantitative estimate of drug-likeness (QED) is 0.817. The smallest absolute Gasteiger partial charge is 0.233 e. The molecule has 1 atom stereocenters. The molecule has 0 bridgehead atoms. The Morgan fingerprint density at radius 1 is 1.03 bits per heavy atom. The zero-order valence-corrected chi connectivity index (χ0v) is 19.2. The van der Waals surface area contributed by atoms with E-state index in [-0.39, 0.29) is 11.3 Å². The van der Waals surface area contributed by atoms with Crippen molar-refractivity contribution in [2.45, 2.75) is 64.2 Å². The van der Waals surface area contributed by atoms with E-state index < -0.39 is 5.41 Å². The van der Waals surface area contributed by atoms with E-state index in [1.807, 2.05) is 13.0 Å². The van der Waals surface area contributed by atoms with Crippen LogP contribution in [-0.4, -0.2) is 47.1 Å². The fraction of sp³-hybridized carbons (Fsp3) is 0.560. The summed E-state index contributed by atoms with van der Waals surface area (Å²) in [6.07, 6.45) is 3.37. The summed E-state index contributed by atoms with van der Waals surface area (Å²) in [7, 11) is 0. The molecule has 2 aliphatic heterocycles. The summed E-state index contributed by atoms with van der Waals surface area (Å²) in [5.41, 5.74) is 9.73. The average molecular weight is 423 g/mol. The second kappa shape index (κ2) is 8.23. The Balaban J connectivity index is 1.68. The molecule has 2 saturated heterocycles. The highest BCUT2D eigenvalue weighted by atomic mass is 16.5. The van der Waals surface area contributed by atoms with Crippen molar-refractivity contribution in [3.8, 4) is 0 Å². The molecule has 0 saturated carbocycles. The third-order valence-electron chi connectivity index (χ3n) is 6.99. The third kappa shape index (κ3) is 4.18. The first-order chi connectivity index (χ1) is 14.7. The molecule has 3 heterocycles. The molecule has 1 aromatic heterocycles. The number of ether oxygens (including phenoxy) is 1. The number of carbonyl (C=O) groups excluding carboxylic acids is 1. The summed E-state index contributed by atoms with van der Waals surface area (Å²) in [5, 5.41) is 0. The number of likely N-dealkylation sites (tertiary alicyclic amines) is 1. The first kappa shape index (κ1) is 21.8. The highest BCUT2D eigenvalue weighted by molar-refractivity contribution is 5.89. The van der Waals surface area contributed by atoms with Gasteiger partial charge in [-0.2, -0.15) is 0 Å². The van der Waals surface area contributed by atoms with E-state index >= 15 is 0 Å². The minimum atomic E-state index is -0.520. The van der Waals surface area contributed by atoms with Crippen LogP contribution in [0.5, 0.6) is 0 Å². The summed E-state index contributed by atoms with van der Waals surface area (Å²) in [5.74, 6) is 1.39. The van der Waals surface area contributed by atoms with Crippen molar-refractivity contribution in [1.29, 1.82) is 0 Å². The van der Waals surface area contributed by atoms with Gasteiger partial charge >= 0.3 is 0 Å². The third-order valence-corrected chi connectivity index (χ3v) is 6.99. The fourth-order valence-electron chi connectivity index (χ4n) is 5.42. The lowest BCUT2D eigenvalue weighted by Crippen LogP contribution is -2.55. The van der Waals surface area contributed by atoms with E-state index in [1.165, 1.54) is 11.1 Å². The van der Waals surface area contributed by atoms with Gasteiger partial charge in [0.1, 0.15) is 11.6 Å². The summed E-state index contributed by atoms with van der Waals surface area (Å²) < 4.78 is 5.68. The van der Waals surface area contributed by atoms with Crippen LogP contribution >= 0.6 is 0 Å². The van der Waals surface area contributed by atoms with Crippen molar-refractivity contribution in [3.05, 3.63) is 52.5 Å². The van der Waals surface area contributed by atoms with Crippen LogP contribution in [0.1, 0.15) is 60.8 Å². The molecule has 0 spiro atoms. The number of nitrogens with zero attached hydrogens (tertiary/aromatic N) is 3. The monoisotopic (exact) mass is 422 g/mol. The van der Waals surface area contributed by atoms with Gasteiger partial charge < -0.3 is 15.4 Å². The van der Waals surface area contributed by atoms with Crippen LogP contribution in [0.3, 0.4) is 0 Å². The van der Waals surface area contributed by atoms with Gasteiger partial charge in [-0.3, -0.25) is 4.79 Å². The van der Waals surface area contributed by atoms with Gasteiger partial charge in [0, 0.05) is 37.8 Å². The van der Waals surface area contributed by atoms with Crippen LogP contribution in [0, 0.1) is 20.8 Å². The van der Waals surface area contributed by atoms with Gasteiger partial charge in [0.15, 0.2) is 0 Å². The van der Waals surface area contributed by atoms with Crippen LogP contribution in [0.15, 0.2) is 24.3 Å². The van der Waals surface area contributed by atoms with Gasteiger partial charge in [0.05, 0.1) is 11.1 Å². The van der Waals surface area contributed by atoms with Gasteiger partial charge in [-0.15, -0.1) is 0 Å². The molecule has 0 aliphatic carbocycles. The predicted octanol–water partition coefficient (Wildman–Crippen LogP) is 3.61. The van der Waals surface area contributed by atoms with Crippen LogP contribution < -0.4 is 5.73 Å². The first-order valence-electron chi connectivity index (χ1n) is 11.3. The predicted molar refractivity (Wildman–Crippen MR) is 122 cm³/mol. The van der Waals surface area contributed by atoms with Crippen molar-refractivity contribution in [2.75, 3.05) is 32.0 Å². The van der Waals surface area contributed by atoms with E-state index in [9.17, 15) is 4.79 Å². The average Bonchev–Trinajstić information content (AvgIpc) is 2.72. The Labute approximate surface area is 185 Å². The van der Waals surface area contributed by atoms with Crippen LogP contribution in [0.2, 0.25) is 0 Å². The molecule has 1 unspecified atom stereocenters. The number of hydrogen-bond donors (Lipinski definition) is 1. The van der Waals surface area contributed by atoms with E-state index in [4.69, 9.17) is 10.5 Å². The normalized spacial score (nSPS) is 23.5. The molecular formula is C25H34N4O2. The maximum absolute atomic E-state index is 14.2. The fourth-order valence-corrected chi connectivity index (χ4v) is 5.42. The lowest BCUT2D eigenvalue weighted by molar-refractivity contribution is -0.143. The molecule has 4 rings (SSSR count). The van der Waals surface area contributed by atoms with Crippen molar-refractivity contribution in [1.82, 2.24) is 14.9 Å². The number of benzene rings is 1. The number of nitrogens with two attached hydrogens (primary N) is 1. The molecule has 31 heavy (non-hydrogen) atoms. The molecule has 2 fully saturated rings. The zero-order valence-electron chi connectivity index (χ0n) is 19.2. The van der Waals surface area contributed by atoms with Gasteiger partial charge in [-0.05, 0) is 52.0 Å². The van der Waals surface area contributed by atoms with E-state index in [0.29, 0.717) is 31.4 Å². The van der Waals surface area contributed by atoms with Crippen LogP contribution in [0.25, 0.3) is 0 Å². The molecule has 1 aromatic carbocycles. The maximum Gasteiger partial charge on any atom is 0.233 e. The molecule has 6 nitrogen and oxygen atoms in total. The van der Waals surface area contributed by atoms with Crippen LogP contribution in [0.4, 0.5) is 5.82 Å². The molecule has 6 heteroatoms. The van der Waals surface area contributed by atoms with Crippen molar-refractivity contribution in [3.63, 3.8) is 0 Å². The molecule has 2 N–H and O–H groups in total. The molecular weight excluding hydrogens is 388 g/mol. The molecule has 1 amide bonds. The second-order valence-electron chi connectivity index (χ2n) is 9.69. The lowest BCUT2D eigenvalue weighted by atomic mass is 9.71. The standard InChI is InChI=1S/C25H34N4O2/c1-17-12-18(2)14-20(13-17)25(7-10-31-11-8-25)23(30)29-9-5-6-24(4,16-29)21-15-22(26)28-19(3)27-21/h12-15H,5-11,16H2,1-4H3,(H2,26,27,28).